The van der Waals surface area contributed by atoms with Gasteiger partial charge >= 0.3 is 5.97 Å². The number of rotatable bonds is 5. The zero-order valence-electron chi connectivity index (χ0n) is 10.7. The number of phenols is 1. The lowest BCUT2D eigenvalue weighted by Crippen LogP contribution is -2.01. The van der Waals surface area contributed by atoms with Crippen LogP contribution in [0.2, 0.25) is 0 Å². The Morgan fingerprint density at radius 2 is 2.18 bits per heavy atom. The van der Waals surface area contributed by atoms with Crippen molar-refractivity contribution in [2.75, 3.05) is 7.11 Å². The van der Waals surface area contributed by atoms with Crippen molar-refractivity contribution < 1.29 is 14.6 Å². The van der Waals surface area contributed by atoms with Gasteiger partial charge in [0.25, 0.3) is 0 Å². The molecule has 0 aliphatic rings. The number of carbonyl (C=O) groups is 1. The summed E-state index contributed by atoms with van der Waals surface area (Å²) in [5.74, 6) is 0.512. The van der Waals surface area contributed by atoms with Crippen molar-refractivity contribution in [3.8, 4) is 5.75 Å². The number of aromatic hydroxyl groups is 1. The fourth-order valence-corrected chi connectivity index (χ4v) is 1.75. The molecule has 1 N–H and O–H groups in total. The van der Waals surface area contributed by atoms with Gasteiger partial charge in [-0.2, -0.15) is 0 Å². The Hall–Kier alpha value is -1.51. The van der Waals surface area contributed by atoms with E-state index in [0.717, 1.165) is 24.0 Å². The van der Waals surface area contributed by atoms with Gasteiger partial charge in [0, 0.05) is 6.42 Å². The van der Waals surface area contributed by atoms with Crippen molar-refractivity contribution in [3.63, 3.8) is 0 Å². The van der Waals surface area contributed by atoms with E-state index < -0.39 is 0 Å². The van der Waals surface area contributed by atoms with Gasteiger partial charge in [0.1, 0.15) is 5.75 Å². The molecule has 0 heterocycles. The lowest BCUT2D eigenvalue weighted by atomic mass is 9.94. The summed E-state index contributed by atoms with van der Waals surface area (Å²) >= 11 is 0. The summed E-state index contributed by atoms with van der Waals surface area (Å²) in [6.07, 6.45) is 2.18. The van der Waals surface area contributed by atoms with E-state index in [1.807, 2.05) is 19.1 Å². The number of esters is 1. The molecule has 1 aromatic rings. The number of aryl methyl sites for hydroxylation is 1. The molecule has 1 rings (SSSR count). The molecule has 0 aliphatic heterocycles. The molecular weight excluding hydrogens is 216 g/mol. The van der Waals surface area contributed by atoms with Crippen LogP contribution in [0.5, 0.6) is 5.75 Å². The number of hydrogen-bond acceptors (Lipinski definition) is 3. The molecule has 0 radical (unpaired) electrons. The zero-order valence-corrected chi connectivity index (χ0v) is 10.7. The van der Waals surface area contributed by atoms with E-state index in [1.165, 1.54) is 7.11 Å². The van der Waals surface area contributed by atoms with E-state index in [2.05, 4.69) is 11.7 Å². The molecule has 0 unspecified atom stereocenters. The third kappa shape index (κ3) is 4.10. The van der Waals surface area contributed by atoms with Crippen LogP contribution in [0.3, 0.4) is 0 Å². The van der Waals surface area contributed by atoms with Gasteiger partial charge in [-0.1, -0.05) is 19.1 Å². The third-order valence-corrected chi connectivity index (χ3v) is 3.05. The Morgan fingerprint density at radius 3 is 2.76 bits per heavy atom. The highest BCUT2D eigenvalue weighted by atomic mass is 16.5. The van der Waals surface area contributed by atoms with Gasteiger partial charge in [-0.05, 0) is 42.9 Å². The van der Waals surface area contributed by atoms with Crippen molar-refractivity contribution in [1.82, 2.24) is 0 Å². The number of phenolic OH excluding ortho intramolecular Hbond substituents is 1. The smallest absolute Gasteiger partial charge is 0.305 e. The predicted octanol–water partition coefficient (Wildman–Crippen LogP) is 3.15. The number of methoxy groups -OCH3 is 1. The molecule has 3 heteroatoms. The zero-order chi connectivity index (χ0) is 12.8. The minimum atomic E-state index is -0.163. The molecule has 0 saturated heterocycles. The van der Waals surface area contributed by atoms with Crippen molar-refractivity contribution in [2.45, 2.75) is 39.0 Å². The highest BCUT2D eigenvalue weighted by Gasteiger charge is 2.09. The summed E-state index contributed by atoms with van der Waals surface area (Å²) < 4.78 is 4.59. The average molecular weight is 236 g/mol. The molecular formula is C14H20O3. The van der Waals surface area contributed by atoms with Crippen LogP contribution in [0.1, 0.15) is 43.2 Å². The fraction of sp³-hybridized carbons (Fsp3) is 0.500. The molecule has 0 spiro atoms. The highest BCUT2D eigenvalue weighted by Crippen LogP contribution is 2.26. The minimum Gasteiger partial charge on any atom is -0.508 e. The Labute approximate surface area is 102 Å². The second-order valence-corrected chi connectivity index (χ2v) is 4.42. The molecule has 0 saturated carbocycles. The summed E-state index contributed by atoms with van der Waals surface area (Å²) in [7, 11) is 1.41. The largest absolute Gasteiger partial charge is 0.508 e. The normalized spacial score (nSPS) is 12.2. The van der Waals surface area contributed by atoms with Gasteiger partial charge in [-0.25, -0.2) is 0 Å². The number of hydrogen-bond donors (Lipinski definition) is 1. The maximum Gasteiger partial charge on any atom is 0.305 e. The van der Waals surface area contributed by atoms with Crippen molar-refractivity contribution in [3.05, 3.63) is 29.3 Å². The standard InChI is InChI=1S/C14H20O3/c1-10(5-4-6-14(16)17-3)12-8-7-11(2)13(15)9-12/h7-10,15H,4-6H2,1-3H3/t10-/m1/s1. The first-order valence-corrected chi connectivity index (χ1v) is 5.91. The van der Waals surface area contributed by atoms with E-state index >= 15 is 0 Å². The molecule has 0 aromatic heterocycles. The van der Waals surface area contributed by atoms with E-state index in [1.54, 1.807) is 6.07 Å². The summed E-state index contributed by atoms with van der Waals surface area (Å²) in [5, 5.41) is 9.63. The Morgan fingerprint density at radius 1 is 1.47 bits per heavy atom. The van der Waals surface area contributed by atoms with E-state index in [9.17, 15) is 9.90 Å². The van der Waals surface area contributed by atoms with Gasteiger partial charge < -0.3 is 9.84 Å². The van der Waals surface area contributed by atoms with E-state index in [4.69, 9.17) is 0 Å². The van der Waals surface area contributed by atoms with Crippen LogP contribution in [0.4, 0.5) is 0 Å². The van der Waals surface area contributed by atoms with Crippen LogP contribution in [-0.2, 0) is 9.53 Å². The van der Waals surface area contributed by atoms with Crippen LogP contribution in [0, 0.1) is 6.92 Å². The monoisotopic (exact) mass is 236 g/mol. The summed E-state index contributed by atoms with van der Waals surface area (Å²) in [6.45, 7) is 3.97. The molecule has 0 aliphatic carbocycles. The molecule has 1 aromatic carbocycles. The predicted molar refractivity (Wildman–Crippen MR) is 67.1 cm³/mol. The van der Waals surface area contributed by atoms with E-state index in [0.29, 0.717) is 18.1 Å². The van der Waals surface area contributed by atoms with Crippen molar-refractivity contribution in [2.24, 2.45) is 0 Å². The van der Waals surface area contributed by atoms with Gasteiger partial charge in [-0.3, -0.25) is 4.79 Å². The lowest BCUT2D eigenvalue weighted by molar-refractivity contribution is -0.140. The van der Waals surface area contributed by atoms with Crippen LogP contribution in [0.15, 0.2) is 18.2 Å². The van der Waals surface area contributed by atoms with Crippen LogP contribution >= 0.6 is 0 Å². The fourth-order valence-electron chi connectivity index (χ4n) is 1.75. The maximum absolute atomic E-state index is 11.0. The third-order valence-electron chi connectivity index (χ3n) is 3.05. The maximum atomic E-state index is 11.0. The Bertz CT molecular complexity index is 385. The summed E-state index contributed by atoms with van der Waals surface area (Å²) in [4.78, 5) is 11.0. The second-order valence-electron chi connectivity index (χ2n) is 4.42. The molecule has 1 atom stereocenters. The van der Waals surface area contributed by atoms with Crippen molar-refractivity contribution in [1.29, 1.82) is 0 Å². The van der Waals surface area contributed by atoms with Crippen LogP contribution in [0.25, 0.3) is 0 Å². The lowest BCUT2D eigenvalue weighted by Gasteiger charge is -2.12. The molecule has 0 fully saturated rings. The first kappa shape index (κ1) is 13.6. The minimum absolute atomic E-state index is 0.163. The van der Waals surface area contributed by atoms with Gasteiger partial charge in [-0.15, -0.1) is 0 Å². The SMILES string of the molecule is COC(=O)CCC[C@@H](C)c1ccc(C)c(O)c1. The number of ether oxygens (including phenoxy) is 1. The van der Waals surface area contributed by atoms with Gasteiger partial charge in [0.15, 0.2) is 0 Å². The molecule has 3 nitrogen and oxygen atoms in total. The van der Waals surface area contributed by atoms with Gasteiger partial charge in [0.05, 0.1) is 7.11 Å². The quantitative estimate of drug-likeness (QED) is 0.799. The molecule has 17 heavy (non-hydrogen) atoms. The van der Waals surface area contributed by atoms with Gasteiger partial charge in [0.2, 0.25) is 0 Å². The van der Waals surface area contributed by atoms with Crippen LogP contribution < -0.4 is 0 Å². The van der Waals surface area contributed by atoms with Crippen LogP contribution in [-0.4, -0.2) is 18.2 Å². The number of benzene rings is 1. The van der Waals surface area contributed by atoms with E-state index in [-0.39, 0.29) is 5.97 Å². The molecule has 0 bridgehead atoms. The first-order chi connectivity index (χ1) is 8.04. The second kappa shape index (κ2) is 6.28. The summed E-state index contributed by atoms with van der Waals surface area (Å²) in [6, 6.07) is 5.75. The molecule has 0 amide bonds. The summed E-state index contributed by atoms with van der Waals surface area (Å²) in [5.41, 5.74) is 1.99. The van der Waals surface area contributed by atoms with Crippen molar-refractivity contribution >= 4 is 5.97 Å². The highest BCUT2D eigenvalue weighted by molar-refractivity contribution is 5.69. The first-order valence-electron chi connectivity index (χ1n) is 5.91. The molecule has 94 valence electrons. The Kier molecular flexibility index (Phi) is 5.01. The Balaban J connectivity index is 2.49. The average Bonchev–Trinajstić information content (AvgIpc) is 2.32. The number of carbonyl (C=O) groups excluding carboxylic acids is 1. The topological polar surface area (TPSA) is 46.5 Å².